The molecule has 1 aromatic heterocycles. The first-order valence-electron chi connectivity index (χ1n) is 4.55. The van der Waals surface area contributed by atoms with Crippen molar-refractivity contribution in [1.82, 2.24) is 25.3 Å². The molecule has 0 bridgehead atoms. The van der Waals surface area contributed by atoms with Gasteiger partial charge in [0, 0.05) is 4.47 Å². The molecule has 0 spiro atoms. The number of aromatic nitrogens is 4. The first-order valence-corrected chi connectivity index (χ1v) is 6.83. The van der Waals surface area contributed by atoms with E-state index < -0.39 is 10.0 Å². The minimum Gasteiger partial charge on any atom is -0.207 e. The average Bonchev–Trinajstić information content (AvgIpc) is 2.80. The number of hydrogen-bond donors (Lipinski definition) is 2. The molecule has 0 atom stereocenters. The van der Waals surface area contributed by atoms with Crippen LogP contribution >= 0.6 is 15.9 Å². The van der Waals surface area contributed by atoms with Crippen LogP contribution in [0.25, 0.3) is 0 Å². The van der Waals surface area contributed by atoms with Crippen molar-refractivity contribution in [3.63, 3.8) is 0 Å². The van der Waals surface area contributed by atoms with Crippen molar-refractivity contribution < 1.29 is 8.42 Å². The summed E-state index contributed by atoms with van der Waals surface area (Å²) in [6.45, 7) is -0.00506. The number of rotatable bonds is 4. The average molecular weight is 318 g/mol. The lowest BCUT2D eigenvalue weighted by molar-refractivity contribution is 0.579. The molecule has 2 aromatic rings. The van der Waals surface area contributed by atoms with Gasteiger partial charge in [-0.05, 0) is 24.3 Å². The summed E-state index contributed by atoms with van der Waals surface area (Å²) in [6, 6.07) is 6.32. The van der Waals surface area contributed by atoms with E-state index in [1.807, 2.05) is 0 Å². The first kappa shape index (κ1) is 12.1. The van der Waals surface area contributed by atoms with Gasteiger partial charge < -0.3 is 0 Å². The Labute approximate surface area is 106 Å². The van der Waals surface area contributed by atoms with Crippen LogP contribution in [0.1, 0.15) is 5.82 Å². The molecular weight excluding hydrogens is 310 g/mol. The normalized spacial score (nSPS) is 11.6. The van der Waals surface area contributed by atoms with Crippen molar-refractivity contribution in [2.45, 2.75) is 11.4 Å². The van der Waals surface area contributed by atoms with Crippen molar-refractivity contribution in [3.8, 4) is 0 Å². The van der Waals surface area contributed by atoms with Crippen LogP contribution in [0.5, 0.6) is 0 Å². The van der Waals surface area contributed by atoms with Crippen LogP contribution in [-0.2, 0) is 16.6 Å². The van der Waals surface area contributed by atoms with Gasteiger partial charge in [-0.3, -0.25) is 0 Å². The van der Waals surface area contributed by atoms with Gasteiger partial charge >= 0.3 is 0 Å². The van der Waals surface area contributed by atoms with Crippen molar-refractivity contribution in [1.29, 1.82) is 0 Å². The minimum atomic E-state index is -3.55. The van der Waals surface area contributed by atoms with Crippen molar-refractivity contribution in [2.24, 2.45) is 0 Å². The Morgan fingerprint density at radius 1 is 1.29 bits per heavy atom. The number of nitrogens with one attached hydrogen (secondary N) is 2. The van der Waals surface area contributed by atoms with Gasteiger partial charge in [-0.15, -0.1) is 10.2 Å². The number of benzene rings is 1. The van der Waals surface area contributed by atoms with E-state index in [9.17, 15) is 8.42 Å². The number of hydrogen-bond acceptors (Lipinski definition) is 5. The molecular formula is C8H8BrN5O2S. The van der Waals surface area contributed by atoms with E-state index in [0.29, 0.717) is 0 Å². The quantitative estimate of drug-likeness (QED) is 0.852. The van der Waals surface area contributed by atoms with Gasteiger partial charge in [0.05, 0.1) is 11.4 Å². The van der Waals surface area contributed by atoms with Crippen LogP contribution in [-0.4, -0.2) is 29.0 Å². The molecule has 0 fully saturated rings. The summed E-state index contributed by atoms with van der Waals surface area (Å²) >= 11 is 3.24. The largest absolute Gasteiger partial charge is 0.240 e. The van der Waals surface area contributed by atoms with Gasteiger partial charge in [0.15, 0.2) is 5.82 Å². The zero-order chi connectivity index (χ0) is 12.3. The Morgan fingerprint density at radius 3 is 2.59 bits per heavy atom. The van der Waals surface area contributed by atoms with Crippen molar-refractivity contribution in [2.75, 3.05) is 0 Å². The SMILES string of the molecule is O=S(=O)(NCc1nn[nH]n1)c1ccc(Br)cc1. The zero-order valence-corrected chi connectivity index (χ0v) is 10.9. The molecule has 90 valence electrons. The monoisotopic (exact) mass is 317 g/mol. The first-order chi connectivity index (χ1) is 8.08. The molecule has 0 aliphatic rings. The Morgan fingerprint density at radius 2 is 2.00 bits per heavy atom. The van der Waals surface area contributed by atoms with E-state index >= 15 is 0 Å². The molecule has 0 aliphatic carbocycles. The second-order valence-electron chi connectivity index (χ2n) is 3.11. The minimum absolute atomic E-state index is 0.00506. The molecule has 1 heterocycles. The third kappa shape index (κ3) is 3.08. The summed E-state index contributed by atoms with van der Waals surface area (Å²) in [5, 5.41) is 12.9. The second kappa shape index (κ2) is 4.90. The van der Waals surface area contributed by atoms with E-state index in [0.717, 1.165) is 4.47 Å². The standard InChI is InChI=1S/C8H8BrN5O2S/c9-6-1-3-7(4-2-6)17(15,16)10-5-8-11-13-14-12-8/h1-4,10H,5H2,(H,11,12,13,14). The van der Waals surface area contributed by atoms with Gasteiger partial charge in [0.1, 0.15) is 0 Å². The van der Waals surface area contributed by atoms with E-state index in [2.05, 4.69) is 41.3 Å². The van der Waals surface area contributed by atoms with Crippen LogP contribution < -0.4 is 4.72 Å². The second-order valence-corrected chi connectivity index (χ2v) is 5.79. The molecule has 1 aromatic carbocycles. The molecule has 17 heavy (non-hydrogen) atoms. The number of nitrogens with zero attached hydrogens (tertiary/aromatic N) is 3. The molecule has 7 nitrogen and oxygen atoms in total. The molecule has 2 rings (SSSR count). The predicted molar refractivity (Wildman–Crippen MR) is 62.3 cm³/mol. The molecule has 0 saturated carbocycles. The summed E-state index contributed by atoms with van der Waals surface area (Å²) in [4.78, 5) is 0.184. The van der Waals surface area contributed by atoms with Crippen LogP contribution in [0.3, 0.4) is 0 Å². The number of sulfonamides is 1. The summed E-state index contributed by atoms with van der Waals surface area (Å²) in [7, 11) is -3.55. The Kier molecular flexibility index (Phi) is 3.50. The molecule has 9 heteroatoms. The molecule has 0 aliphatic heterocycles. The maximum atomic E-state index is 11.8. The lowest BCUT2D eigenvalue weighted by atomic mass is 10.4. The van der Waals surface area contributed by atoms with E-state index in [-0.39, 0.29) is 17.3 Å². The topological polar surface area (TPSA) is 101 Å². The Bertz CT molecular complexity index is 581. The van der Waals surface area contributed by atoms with Crippen LogP contribution in [0, 0.1) is 0 Å². The maximum Gasteiger partial charge on any atom is 0.240 e. The summed E-state index contributed by atoms with van der Waals surface area (Å²) in [5.41, 5.74) is 0. The van der Waals surface area contributed by atoms with Gasteiger partial charge in [-0.25, -0.2) is 13.1 Å². The highest BCUT2D eigenvalue weighted by Gasteiger charge is 2.14. The summed E-state index contributed by atoms with van der Waals surface area (Å²) in [5.74, 6) is 0.283. The van der Waals surface area contributed by atoms with E-state index in [1.165, 1.54) is 12.1 Å². The van der Waals surface area contributed by atoms with Gasteiger partial charge in [-0.2, -0.15) is 5.21 Å². The van der Waals surface area contributed by atoms with Crippen LogP contribution in [0.15, 0.2) is 33.6 Å². The van der Waals surface area contributed by atoms with Crippen molar-refractivity contribution in [3.05, 3.63) is 34.6 Å². The van der Waals surface area contributed by atoms with Gasteiger partial charge in [0.2, 0.25) is 10.0 Å². The van der Waals surface area contributed by atoms with Gasteiger partial charge in [-0.1, -0.05) is 21.1 Å². The number of aromatic amines is 1. The third-order valence-electron chi connectivity index (χ3n) is 1.93. The summed E-state index contributed by atoms with van der Waals surface area (Å²) < 4.78 is 26.8. The molecule has 2 N–H and O–H groups in total. The Balaban J connectivity index is 2.11. The smallest absolute Gasteiger partial charge is 0.207 e. The third-order valence-corrected chi connectivity index (χ3v) is 3.88. The molecule has 0 amide bonds. The molecule has 0 saturated heterocycles. The fourth-order valence-electron chi connectivity index (χ4n) is 1.11. The van der Waals surface area contributed by atoms with Crippen molar-refractivity contribution >= 4 is 26.0 Å². The highest BCUT2D eigenvalue weighted by Crippen LogP contribution is 2.14. The Hall–Kier alpha value is -1.32. The van der Waals surface area contributed by atoms with Crippen LogP contribution in [0.2, 0.25) is 0 Å². The fraction of sp³-hybridized carbons (Fsp3) is 0.125. The lowest BCUT2D eigenvalue weighted by Crippen LogP contribution is -2.23. The van der Waals surface area contributed by atoms with Crippen LogP contribution in [0.4, 0.5) is 0 Å². The lowest BCUT2D eigenvalue weighted by Gasteiger charge is -2.04. The maximum absolute atomic E-state index is 11.8. The molecule has 0 radical (unpaired) electrons. The highest BCUT2D eigenvalue weighted by atomic mass is 79.9. The van der Waals surface area contributed by atoms with E-state index in [4.69, 9.17) is 0 Å². The predicted octanol–water partition coefficient (Wildman–Crippen LogP) is 0.441. The number of halogens is 1. The van der Waals surface area contributed by atoms with E-state index in [1.54, 1.807) is 12.1 Å². The highest BCUT2D eigenvalue weighted by molar-refractivity contribution is 9.10. The van der Waals surface area contributed by atoms with Gasteiger partial charge in [0.25, 0.3) is 0 Å². The number of H-pyrrole nitrogens is 1. The fourth-order valence-corrected chi connectivity index (χ4v) is 2.36. The number of tetrazole rings is 1. The zero-order valence-electron chi connectivity index (χ0n) is 8.46. The molecule has 0 unspecified atom stereocenters. The summed E-state index contributed by atoms with van der Waals surface area (Å²) in [6.07, 6.45) is 0.